The van der Waals surface area contributed by atoms with Gasteiger partial charge in [-0.3, -0.25) is 19.2 Å². The molecule has 4 rings (SSSR count). The van der Waals surface area contributed by atoms with Gasteiger partial charge in [0.15, 0.2) is 0 Å². The molecule has 0 unspecified atom stereocenters. The Hall–Kier alpha value is -4.89. The highest BCUT2D eigenvalue weighted by Gasteiger charge is 2.27. The number of aryl methyl sites for hydroxylation is 1. The third-order valence-corrected chi connectivity index (χ3v) is 8.57. The lowest BCUT2D eigenvalue weighted by Crippen LogP contribution is -2.38. The molecule has 1 amide bonds. The van der Waals surface area contributed by atoms with E-state index in [0.29, 0.717) is 5.69 Å². The molecule has 0 saturated heterocycles. The smallest absolute Gasteiger partial charge is 0.269 e. The van der Waals surface area contributed by atoms with Crippen molar-refractivity contribution in [2.75, 3.05) is 20.9 Å². The molecule has 0 saturated carbocycles. The normalized spacial score (nSPS) is 11.4. The summed E-state index contributed by atoms with van der Waals surface area (Å²) in [5, 5.41) is 13.6. The van der Waals surface area contributed by atoms with E-state index < -0.39 is 37.4 Å². The summed E-state index contributed by atoms with van der Waals surface area (Å²) >= 11 is 0. The van der Waals surface area contributed by atoms with E-state index in [-0.39, 0.29) is 32.8 Å². The van der Waals surface area contributed by atoms with Crippen LogP contribution < -0.4 is 14.3 Å². The predicted octanol–water partition coefficient (Wildman–Crippen LogP) is 3.33. The Morgan fingerprint density at radius 2 is 1.55 bits per heavy atom. The van der Waals surface area contributed by atoms with Crippen LogP contribution in [-0.4, -0.2) is 44.2 Å². The molecule has 13 nitrogen and oxygen atoms in total. The van der Waals surface area contributed by atoms with Crippen molar-refractivity contribution in [3.05, 3.63) is 107 Å². The van der Waals surface area contributed by atoms with Crippen molar-refractivity contribution in [1.82, 2.24) is 9.97 Å². The topological polar surface area (TPSA) is 182 Å². The van der Waals surface area contributed by atoms with Gasteiger partial charge in [-0.15, -0.1) is 0 Å². The molecular weight excluding hydrogens is 560 g/mol. The van der Waals surface area contributed by atoms with Crippen molar-refractivity contribution >= 4 is 49.0 Å². The second kappa shape index (κ2) is 11.5. The van der Waals surface area contributed by atoms with Crippen LogP contribution >= 0.6 is 0 Å². The Balaban J connectivity index is 1.54. The molecule has 0 bridgehead atoms. The number of nitro groups is 1. The number of anilines is 3. The number of aromatic nitrogens is 2. The number of amides is 1. The highest BCUT2D eigenvalue weighted by Crippen LogP contribution is 2.26. The van der Waals surface area contributed by atoms with Crippen LogP contribution in [0.3, 0.4) is 0 Å². The molecule has 0 spiro atoms. The van der Waals surface area contributed by atoms with E-state index in [1.54, 1.807) is 19.1 Å². The van der Waals surface area contributed by atoms with Gasteiger partial charge in [0.05, 0.1) is 20.4 Å². The first kappa shape index (κ1) is 28.1. The number of benzene rings is 3. The van der Waals surface area contributed by atoms with Crippen LogP contribution in [0.15, 0.2) is 101 Å². The minimum Gasteiger partial charge on any atom is -0.325 e. The predicted molar refractivity (Wildman–Crippen MR) is 147 cm³/mol. The van der Waals surface area contributed by atoms with Crippen molar-refractivity contribution in [1.29, 1.82) is 0 Å². The van der Waals surface area contributed by atoms with Gasteiger partial charge in [0.2, 0.25) is 11.9 Å². The summed E-state index contributed by atoms with van der Waals surface area (Å²) in [4.78, 5) is 31.0. The largest absolute Gasteiger partial charge is 0.325 e. The summed E-state index contributed by atoms with van der Waals surface area (Å²) in [7, 11) is -8.24. The molecule has 4 aromatic rings. The number of nitrogens with zero attached hydrogens (tertiary/aromatic N) is 4. The van der Waals surface area contributed by atoms with Crippen molar-refractivity contribution in [2.24, 2.45) is 0 Å². The van der Waals surface area contributed by atoms with Crippen LogP contribution in [0.2, 0.25) is 0 Å². The van der Waals surface area contributed by atoms with Crippen LogP contribution in [0.5, 0.6) is 0 Å². The summed E-state index contributed by atoms with van der Waals surface area (Å²) < 4.78 is 55.2. The lowest BCUT2D eigenvalue weighted by Gasteiger charge is -2.24. The van der Waals surface area contributed by atoms with E-state index in [0.717, 1.165) is 16.4 Å². The molecule has 0 aliphatic carbocycles. The fourth-order valence-corrected chi connectivity index (χ4v) is 5.89. The average molecular weight is 583 g/mol. The van der Waals surface area contributed by atoms with E-state index in [2.05, 4.69) is 20.0 Å². The zero-order chi connectivity index (χ0) is 28.9. The molecule has 0 radical (unpaired) electrons. The van der Waals surface area contributed by atoms with Gasteiger partial charge in [-0.05, 0) is 61.5 Å². The number of carbonyl (C=O) groups excluding carboxylic acids is 1. The molecule has 0 atom stereocenters. The number of carbonyl (C=O) groups is 1. The zero-order valence-corrected chi connectivity index (χ0v) is 22.5. The van der Waals surface area contributed by atoms with Crippen LogP contribution in [0, 0.1) is 17.0 Å². The van der Waals surface area contributed by atoms with E-state index in [4.69, 9.17) is 0 Å². The molecular formula is C25H22N6O7S2. The maximum atomic E-state index is 13.4. The highest BCUT2D eigenvalue weighted by atomic mass is 32.2. The average Bonchev–Trinajstić information content (AvgIpc) is 2.92. The van der Waals surface area contributed by atoms with Crippen molar-refractivity contribution < 1.29 is 26.6 Å². The third-order valence-electron chi connectivity index (χ3n) is 5.44. The van der Waals surface area contributed by atoms with Gasteiger partial charge >= 0.3 is 0 Å². The maximum Gasteiger partial charge on any atom is 0.269 e. The molecule has 3 aromatic carbocycles. The molecule has 0 aliphatic heterocycles. The number of rotatable bonds is 10. The fraction of sp³-hybridized carbons (Fsp3) is 0.0800. The first-order valence-electron chi connectivity index (χ1n) is 11.5. The monoisotopic (exact) mass is 582 g/mol. The fourth-order valence-electron chi connectivity index (χ4n) is 3.50. The Morgan fingerprint density at radius 1 is 0.900 bits per heavy atom. The van der Waals surface area contributed by atoms with E-state index in [9.17, 15) is 31.7 Å². The Labute approximate surface area is 229 Å². The molecule has 40 heavy (non-hydrogen) atoms. The van der Waals surface area contributed by atoms with E-state index in [1.807, 2.05) is 0 Å². The van der Waals surface area contributed by atoms with E-state index in [1.165, 1.54) is 66.9 Å². The Morgan fingerprint density at radius 3 is 2.15 bits per heavy atom. The summed E-state index contributed by atoms with van der Waals surface area (Å²) in [6, 6.07) is 18.9. The maximum absolute atomic E-state index is 13.4. The summed E-state index contributed by atoms with van der Waals surface area (Å²) in [6.07, 6.45) is 1.41. The summed E-state index contributed by atoms with van der Waals surface area (Å²) in [5.41, 5.74) is 0.568. The Bertz CT molecular complexity index is 1750. The van der Waals surface area contributed by atoms with Crippen LogP contribution in [0.25, 0.3) is 0 Å². The minimum atomic E-state index is -4.23. The lowest BCUT2D eigenvalue weighted by molar-refractivity contribution is -0.384. The van der Waals surface area contributed by atoms with Gasteiger partial charge in [0.1, 0.15) is 6.54 Å². The second-order valence-electron chi connectivity index (χ2n) is 8.30. The highest BCUT2D eigenvalue weighted by molar-refractivity contribution is 7.93. The van der Waals surface area contributed by atoms with Gasteiger partial charge in [-0.1, -0.05) is 18.2 Å². The van der Waals surface area contributed by atoms with Gasteiger partial charge < -0.3 is 5.32 Å². The van der Waals surface area contributed by atoms with Gasteiger partial charge in [0.25, 0.3) is 25.7 Å². The SMILES string of the molecule is Cc1ccnc(NS(=O)(=O)c2ccc(NC(=O)CN(c3ccc([N+](=O)[O-])cc3)S(=O)(=O)c3ccccc3)cc2)n1. The Kier molecular flexibility index (Phi) is 8.06. The van der Waals surface area contributed by atoms with Crippen molar-refractivity contribution in [3.63, 3.8) is 0 Å². The molecule has 1 aromatic heterocycles. The first-order chi connectivity index (χ1) is 19.0. The third kappa shape index (κ3) is 6.57. The summed E-state index contributed by atoms with van der Waals surface area (Å²) in [6.45, 7) is 1.02. The number of hydrogen-bond acceptors (Lipinski definition) is 9. The van der Waals surface area contributed by atoms with Gasteiger partial charge in [-0.25, -0.2) is 31.5 Å². The van der Waals surface area contributed by atoms with Gasteiger partial charge in [0, 0.05) is 29.7 Å². The van der Waals surface area contributed by atoms with E-state index >= 15 is 0 Å². The number of sulfonamides is 2. The summed E-state index contributed by atoms with van der Waals surface area (Å²) in [5.74, 6) is -0.830. The lowest BCUT2D eigenvalue weighted by atomic mass is 10.3. The quantitative estimate of drug-likeness (QED) is 0.209. The van der Waals surface area contributed by atoms with Crippen LogP contribution in [0.4, 0.5) is 23.0 Å². The molecule has 15 heteroatoms. The van der Waals surface area contributed by atoms with Crippen molar-refractivity contribution in [2.45, 2.75) is 16.7 Å². The molecule has 0 fully saturated rings. The number of hydrogen-bond donors (Lipinski definition) is 2. The second-order valence-corrected chi connectivity index (χ2v) is 11.8. The zero-order valence-electron chi connectivity index (χ0n) is 20.8. The van der Waals surface area contributed by atoms with Crippen LogP contribution in [-0.2, 0) is 24.8 Å². The van der Waals surface area contributed by atoms with Crippen LogP contribution in [0.1, 0.15) is 5.69 Å². The molecule has 206 valence electrons. The first-order valence-corrected chi connectivity index (χ1v) is 14.4. The van der Waals surface area contributed by atoms with Gasteiger partial charge in [-0.2, -0.15) is 0 Å². The molecule has 1 heterocycles. The standard InChI is InChI=1S/C25H22N6O7S2/c1-18-15-16-26-25(27-18)29-39(35,36)22-13-7-19(8-14-22)28-24(32)17-30(20-9-11-21(12-10-20)31(33)34)40(37,38)23-5-3-2-4-6-23/h2-16H,17H2,1H3,(H,28,32)(H,26,27,29). The molecule has 0 aliphatic rings. The number of non-ortho nitro benzene ring substituents is 1. The number of nitro benzene ring substituents is 1. The minimum absolute atomic E-state index is 0.0375. The number of nitrogens with one attached hydrogen (secondary N) is 2. The molecule has 2 N–H and O–H groups in total. The van der Waals surface area contributed by atoms with Crippen molar-refractivity contribution in [3.8, 4) is 0 Å².